The monoisotopic (exact) mass is 652 g/mol. The van der Waals surface area contributed by atoms with Crippen LogP contribution in [-0.2, 0) is 49.6 Å². The van der Waals surface area contributed by atoms with E-state index in [1.54, 1.807) is 30.3 Å². The normalized spacial score (nSPS) is 13.8. The maximum absolute atomic E-state index is 12.9. The van der Waals surface area contributed by atoms with Gasteiger partial charge in [0.1, 0.15) is 24.2 Å². The molecule has 7 amide bonds. The van der Waals surface area contributed by atoms with Crippen LogP contribution in [0.1, 0.15) is 24.8 Å². The fourth-order valence-electron chi connectivity index (χ4n) is 3.71. The fraction of sp³-hybridized carbons (Fsp3) is 0.423. The van der Waals surface area contributed by atoms with Crippen LogP contribution in [-0.4, -0.2) is 112 Å². The minimum absolute atomic E-state index is 0.158. The summed E-state index contributed by atoms with van der Waals surface area (Å²) >= 11 is 0. The Balaban J connectivity index is 2.92. The summed E-state index contributed by atoms with van der Waals surface area (Å²) in [6.07, 6.45) is -2.57. The van der Waals surface area contributed by atoms with Gasteiger partial charge in [-0.1, -0.05) is 30.3 Å². The molecular formula is C26H36N8O12. The summed E-state index contributed by atoms with van der Waals surface area (Å²) in [7, 11) is 0. The molecule has 0 bridgehead atoms. The van der Waals surface area contributed by atoms with E-state index in [0.717, 1.165) is 5.56 Å². The molecule has 1 aromatic rings. The van der Waals surface area contributed by atoms with E-state index in [1.165, 1.54) is 0 Å². The Labute approximate surface area is 260 Å². The van der Waals surface area contributed by atoms with Crippen molar-refractivity contribution in [1.82, 2.24) is 26.6 Å². The highest BCUT2D eigenvalue weighted by molar-refractivity contribution is 5.98. The molecule has 0 aliphatic rings. The summed E-state index contributed by atoms with van der Waals surface area (Å²) in [6.45, 7) is -1.81. The highest BCUT2D eigenvalue weighted by Gasteiger charge is 2.33. The third-order valence-corrected chi connectivity index (χ3v) is 5.96. The van der Waals surface area contributed by atoms with Crippen molar-refractivity contribution in [3.8, 4) is 0 Å². The van der Waals surface area contributed by atoms with Crippen LogP contribution in [0.4, 0.5) is 0 Å². The van der Waals surface area contributed by atoms with Crippen molar-refractivity contribution in [3.63, 3.8) is 0 Å². The molecule has 0 fully saturated rings. The SMILES string of the molecule is NC(=O)C[C@H](NC(=O)CNC(=O)[C@@H](N)Cc1ccccc1)C(=O)N[C@@H](CC(N)=O)C(=O)N[C@@H](CO)C(=O)N[C@@H](CC(=O)O)C(=O)O. The van der Waals surface area contributed by atoms with Gasteiger partial charge in [0.2, 0.25) is 41.4 Å². The number of carboxylic acids is 2. The fourth-order valence-corrected chi connectivity index (χ4v) is 3.71. The molecule has 0 aromatic heterocycles. The summed E-state index contributed by atoms with van der Waals surface area (Å²) in [5.74, 6) is -11.0. The first-order valence-electron chi connectivity index (χ1n) is 13.4. The van der Waals surface area contributed by atoms with Gasteiger partial charge in [0.05, 0.1) is 38.5 Å². The van der Waals surface area contributed by atoms with Gasteiger partial charge in [-0.15, -0.1) is 0 Å². The van der Waals surface area contributed by atoms with Crippen LogP contribution in [0.2, 0.25) is 0 Å². The van der Waals surface area contributed by atoms with Gasteiger partial charge in [-0.05, 0) is 12.0 Å². The van der Waals surface area contributed by atoms with Gasteiger partial charge in [0, 0.05) is 0 Å². The average Bonchev–Trinajstić information content (AvgIpc) is 2.97. The predicted octanol–water partition coefficient (Wildman–Crippen LogP) is -6.09. The van der Waals surface area contributed by atoms with Crippen molar-refractivity contribution < 1.29 is 58.5 Å². The summed E-state index contributed by atoms with van der Waals surface area (Å²) < 4.78 is 0. The van der Waals surface area contributed by atoms with E-state index in [4.69, 9.17) is 27.4 Å². The number of hydrogen-bond donors (Lipinski definition) is 11. The number of primary amides is 2. The number of carboxylic acid groups (broad SMARTS) is 2. The predicted molar refractivity (Wildman–Crippen MR) is 153 cm³/mol. The van der Waals surface area contributed by atoms with Crippen LogP contribution >= 0.6 is 0 Å². The van der Waals surface area contributed by atoms with E-state index in [9.17, 15) is 48.3 Å². The molecule has 0 radical (unpaired) electrons. The van der Waals surface area contributed by atoms with Crippen molar-refractivity contribution >= 4 is 53.3 Å². The topological polar surface area (TPSA) is 353 Å². The molecule has 1 aromatic carbocycles. The Morgan fingerprint density at radius 2 is 1.13 bits per heavy atom. The van der Waals surface area contributed by atoms with Crippen molar-refractivity contribution in [2.24, 2.45) is 17.2 Å². The maximum Gasteiger partial charge on any atom is 0.326 e. The lowest BCUT2D eigenvalue weighted by Gasteiger charge is -2.24. The lowest BCUT2D eigenvalue weighted by molar-refractivity contribution is -0.147. The van der Waals surface area contributed by atoms with E-state index in [0.29, 0.717) is 0 Å². The molecule has 46 heavy (non-hydrogen) atoms. The number of carbonyl (C=O) groups is 9. The highest BCUT2D eigenvalue weighted by Crippen LogP contribution is 2.03. The van der Waals surface area contributed by atoms with Gasteiger partial charge >= 0.3 is 11.9 Å². The van der Waals surface area contributed by atoms with Gasteiger partial charge < -0.3 is 59.1 Å². The van der Waals surface area contributed by atoms with E-state index < -0.39 is 116 Å². The van der Waals surface area contributed by atoms with Crippen molar-refractivity contribution in [2.75, 3.05) is 13.2 Å². The number of hydrogen-bond acceptors (Lipinski definition) is 11. The molecule has 0 saturated carbocycles. The standard InChI is InChI=1S/C26H36N8O12/c27-13(6-12-4-2-1-3-5-12)22(41)30-10-20(38)31-14(7-18(28)36)23(42)32-15(8-19(29)37)24(43)34-17(11-35)25(44)33-16(26(45)46)9-21(39)40/h1-5,13-17,35H,6-11,27H2,(H2,28,36)(H2,29,37)(H,30,41)(H,31,38)(H,32,42)(H,33,44)(H,34,43)(H,39,40)(H,45,46)/t13-,14-,15-,16-,17-/m0/s1. The number of nitrogens with two attached hydrogens (primary N) is 3. The largest absolute Gasteiger partial charge is 0.481 e. The van der Waals surface area contributed by atoms with Crippen molar-refractivity contribution in [2.45, 2.75) is 55.9 Å². The summed E-state index contributed by atoms with van der Waals surface area (Å²) in [6, 6.07) is 0.338. The number of nitrogens with one attached hydrogen (secondary N) is 5. The van der Waals surface area contributed by atoms with Crippen LogP contribution in [0.3, 0.4) is 0 Å². The number of aliphatic hydroxyl groups excluding tert-OH is 1. The Morgan fingerprint density at radius 1 is 0.652 bits per heavy atom. The quantitative estimate of drug-likeness (QED) is 0.0625. The molecule has 0 aliphatic heterocycles. The second-order valence-electron chi connectivity index (χ2n) is 9.78. The lowest BCUT2D eigenvalue weighted by Crippen LogP contribution is -2.59. The van der Waals surface area contributed by atoms with E-state index in [2.05, 4.69) is 16.0 Å². The molecule has 0 aliphatic carbocycles. The number of rotatable bonds is 20. The van der Waals surface area contributed by atoms with Crippen LogP contribution in [0.15, 0.2) is 30.3 Å². The van der Waals surface area contributed by atoms with E-state index in [1.807, 2.05) is 10.6 Å². The molecule has 0 spiro atoms. The molecule has 20 heteroatoms. The molecular weight excluding hydrogens is 616 g/mol. The van der Waals surface area contributed by atoms with Gasteiger partial charge in [0.15, 0.2) is 0 Å². The Hall–Kier alpha value is -5.63. The second-order valence-corrected chi connectivity index (χ2v) is 9.78. The molecule has 252 valence electrons. The minimum Gasteiger partial charge on any atom is -0.481 e. The number of aliphatic hydroxyl groups is 1. The zero-order valence-electron chi connectivity index (χ0n) is 24.3. The Bertz CT molecular complexity index is 1310. The lowest BCUT2D eigenvalue weighted by atomic mass is 10.1. The molecule has 0 saturated heterocycles. The third kappa shape index (κ3) is 14.2. The number of amides is 7. The molecule has 1 rings (SSSR count). The van der Waals surface area contributed by atoms with Gasteiger partial charge in [-0.25, -0.2) is 4.79 Å². The first kappa shape index (κ1) is 38.4. The maximum atomic E-state index is 12.9. The van der Waals surface area contributed by atoms with Crippen LogP contribution in [0.25, 0.3) is 0 Å². The van der Waals surface area contributed by atoms with Crippen LogP contribution < -0.4 is 43.8 Å². The van der Waals surface area contributed by atoms with Crippen LogP contribution in [0.5, 0.6) is 0 Å². The van der Waals surface area contributed by atoms with E-state index >= 15 is 0 Å². The minimum atomic E-state index is -1.93. The second kappa shape index (κ2) is 18.9. The zero-order valence-corrected chi connectivity index (χ0v) is 24.3. The average molecular weight is 653 g/mol. The Kier molecular flexibility index (Phi) is 15.8. The first-order chi connectivity index (χ1) is 21.5. The molecule has 5 atom stereocenters. The number of aliphatic carboxylic acids is 2. The molecule has 20 nitrogen and oxygen atoms in total. The Morgan fingerprint density at radius 3 is 1.61 bits per heavy atom. The van der Waals surface area contributed by atoms with Crippen LogP contribution in [0, 0.1) is 0 Å². The summed E-state index contributed by atoms with van der Waals surface area (Å²) in [4.78, 5) is 108. The van der Waals surface area contributed by atoms with E-state index in [-0.39, 0.29) is 6.42 Å². The number of carbonyl (C=O) groups excluding carboxylic acids is 7. The van der Waals surface area contributed by atoms with Crippen molar-refractivity contribution in [3.05, 3.63) is 35.9 Å². The highest BCUT2D eigenvalue weighted by atomic mass is 16.4. The molecule has 0 unspecified atom stereocenters. The van der Waals surface area contributed by atoms with Gasteiger partial charge in [0.25, 0.3) is 0 Å². The van der Waals surface area contributed by atoms with Gasteiger partial charge in [-0.2, -0.15) is 0 Å². The zero-order chi connectivity index (χ0) is 35.0. The number of benzene rings is 1. The third-order valence-electron chi connectivity index (χ3n) is 5.96. The summed E-state index contributed by atoms with van der Waals surface area (Å²) in [5, 5.41) is 37.7. The van der Waals surface area contributed by atoms with Crippen molar-refractivity contribution in [1.29, 1.82) is 0 Å². The smallest absolute Gasteiger partial charge is 0.326 e. The first-order valence-corrected chi connectivity index (χ1v) is 13.4. The summed E-state index contributed by atoms with van der Waals surface area (Å²) in [5.41, 5.74) is 16.9. The molecule has 0 heterocycles. The molecule has 14 N–H and O–H groups in total. The van der Waals surface area contributed by atoms with Gasteiger partial charge in [-0.3, -0.25) is 38.4 Å².